The number of piperidine rings is 1. The molecular weight excluding hydrogens is 198 g/mol. The fourth-order valence-electron chi connectivity index (χ4n) is 2.43. The van der Waals surface area contributed by atoms with Crippen LogP contribution in [0.1, 0.15) is 58.8 Å². The quantitative estimate of drug-likeness (QED) is 0.676. The maximum atomic E-state index is 9.78. The molecule has 0 aromatic carbocycles. The lowest BCUT2D eigenvalue weighted by atomic mass is 9.96. The van der Waals surface area contributed by atoms with Crippen molar-refractivity contribution in [1.29, 1.82) is 0 Å². The van der Waals surface area contributed by atoms with Crippen LogP contribution < -0.4 is 0 Å². The van der Waals surface area contributed by atoms with Crippen LogP contribution in [-0.2, 0) is 0 Å². The van der Waals surface area contributed by atoms with Gasteiger partial charge < -0.3 is 10.0 Å². The molecule has 2 atom stereocenters. The molecule has 0 aromatic rings. The lowest BCUT2D eigenvalue weighted by Gasteiger charge is -2.34. The van der Waals surface area contributed by atoms with Crippen LogP contribution in [0.25, 0.3) is 0 Å². The van der Waals surface area contributed by atoms with E-state index in [0.717, 1.165) is 13.0 Å². The van der Waals surface area contributed by atoms with Gasteiger partial charge in [-0.1, -0.05) is 46.0 Å². The molecule has 1 aliphatic rings. The van der Waals surface area contributed by atoms with E-state index in [0.29, 0.717) is 5.92 Å². The predicted molar refractivity (Wildman–Crippen MR) is 69.6 cm³/mol. The molecule has 1 aliphatic heterocycles. The van der Waals surface area contributed by atoms with E-state index in [1.165, 1.54) is 51.6 Å². The summed E-state index contributed by atoms with van der Waals surface area (Å²) in [7, 11) is 0. The third-order valence-electron chi connectivity index (χ3n) is 3.83. The number of nitrogens with zero attached hydrogens (tertiary/aromatic N) is 1. The van der Waals surface area contributed by atoms with Gasteiger partial charge in [-0.15, -0.1) is 0 Å². The first-order valence-corrected chi connectivity index (χ1v) is 7.14. The van der Waals surface area contributed by atoms with Crippen LogP contribution in [0.4, 0.5) is 0 Å². The second-order valence-corrected chi connectivity index (χ2v) is 5.40. The van der Waals surface area contributed by atoms with Gasteiger partial charge in [0.1, 0.15) is 0 Å². The molecule has 96 valence electrons. The number of rotatable bonds is 7. The smallest absolute Gasteiger partial charge is 0.0693 e. The minimum Gasteiger partial charge on any atom is -0.392 e. The molecule has 1 heterocycles. The zero-order valence-electron chi connectivity index (χ0n) is 11.1. The molecule has 16 heavy (non-hydrogen) atoms. The van der Waals surface area contributed by atoms with Gasteiger partial charge >= 0.3 is 0 Å². The highest BCUT2D eigenvalue weighted by Crippen LogP contribution is 2.17. The number of hydrogen-bond acceptors (Lipinski definition) is 2. The summed E-state index contributed by atoms with van der Waals surface area (Å²) in [6, 6.07) is 0. The lowest BCUT2D eigenvalue weighted by Crippen LogP contribution is -2.43. The Morgan fingerprint density at radius 2 is 1.81 bits per heavy atom. The minimum atomic E-state index is -0.0890. The van der Waals surface area contributed by atoms with Crippen molar-refractivity contribution in [3.05, 3.63) is 0 Å². The van der Waals surface area contributed by atoms with Gasteiger partial charge in [0.15, 0.2) is 0 Å². The first kappa shape index (κ1) is 14.0. The molecule has 2 nitrogen and oxygen atoms in total. The summed E-state index contributed by atoms with van der Waals surface area (Å²) in [6.07, 6.45) is 9.26. The van der Waals surface area contributed by atoms with Gasteiger partial charge in [0.2, 0.25) is 0 Å². The van der Waals surface area contributed by atoms with Crippen molar-refractivity contribution >= 4 is 0 Å². The van der Waals surface area contributed by atoms with Crippen molar-refractivity contribution in [2.24, 2.45) is 5.92 Å². The summed E-state index contributed by atoms with van der Waals surface area (Å²) >= 11 is 0. The van der Waals surface area contributed by atoms with E-state index in [9.17, 15) is 5.11 Å². The van der Waals surface area contributed by atoms with Gasteiger partial charge in [-0.25, -0.2) is 0 Å². The van der Waals surface area contributed by atoms with Crippen LogP contribution >= 0.6 is 0 Å². The van der Waals surface area contributed by atoms with E-state index in [4.69, 9.17) is 0 Å². The number of likely N-dealkylation sites (tertiary alicyclic amines) is 1. The van der Waals surface area contributed by atoms with Crippen molar-refractivity contribution in [3.63, 3.8) is 0 Å². The van der Waals surface area contributed by atoms with Gasteiger partial charge in [-0.05, 0) is 31.8 Å². The summed E-state index contributed by atoms with van der Waals surface area (Å²) in [5, 5.41) is 9.78. The van der Waals surface area contributed by atoms with Crippen LogP contribution in [0.3, 0.4) is 0 Å². The fourth-order valence-corrected chi connectivity index (χ4v) is 2.43. The lowest BCUT2D eigenvalue weighted by molar-refractivity contribution is 0.0286. The first-order valence-electron chi connectivity index (χ1n) is 7.14. The summed E-state index contributed by atoms with van der Waals surface area (Å²) in [6.45, 7) is 7.70. The second kappa shape index (κ2) is 8.08. The predicted octanol–water partition coefficient (Wildman–Crippen LogP) is 3.05. The highest BCUT2D eigenvalue weighted by atomic mass is 16.3. The van der Waals surface area contributed by atoms with Crippen molar-refractivity contribution in [3.8, 4) is 0 Å². The molecule has 1 rings (SSSR count). The Hall–Kier alpha value is -0.0800. The van der Waals surface area contributed by atoms with E-state index in [2.05, 4.69) is 18.7 Å². The Balaban J connectivity index is 1.97. The standard InChI is InChI=1S/C14H29NO/c1-3-4-5-6-7-8-10-15-11-9-13(2)14(16)12-15/h13-14,16H,3-12H2,1-2H3. The van der Waals surface area contributed by atoms with Crippen LogP contribution in [0.15, 0.2) is 0 Å². The Morgan fingerprint density at radius 3 is 2.50 bits per heavy atom. The van der Waals surface area contributed by atoms with E-state index >= 15 is 0 Å². The van der Waals surface area contributed by atoms with Crippen LogP contribution in [0.2, 0.25) is 0 Å². The normalized spacial score (nSPS) is 27.2. The Bertz CT molecular complexity index is 172. The zero-order chi connectivity index (χ0) is 11.8. The average Bonchev–Trinajstić information content (AvgIpc) is 2.28. The van der Waals surface area contributed by atoms with Gasteiger partial charge in [-0.2, -0.15) is 0 Å². The van der Waals surface area contributed by atoms with Crippen molar-refractivity contribution in [2.45, 2.75) is 64.9 Å². The number of aliphatic hydroxyl groups is 1. The number of unbranched alkanes of at least 4 members (excludes halogenated alkanes) is 5. The SMILES string of the molecule is CCCCCCCCN1CCC(C)C(O)C1. The van der Waals surface area contributed by atoms with Gasteiger partial charge in [0.25, 0.3) is 0 Å². The number of hydrogen-bond donors (Lipinski definition) is 1. The highest BCUT2D eigenvalue weighted by Gasteiger charge is 2.23. The van der Waals surface area contributed by atoms with Crippen LogP contribution in [0, 0.1) is 5.92 Å². The maximum absolute atomic E-state index is 9.78. The van der Waals surface area contributed by atoms with Gasteiger partial charge in [-0.3, -0.25) is 0 Å². The van der Waals surface area contributed by atoms with Gasteiger partial charge in [0, 0.05) is 6.54 Å². The monoisotopic (exact) mass is 227 g/mol. The zero-order valence-corrected chi connectivity index (χ0v) is 11.1. The average molecular weight is 227 g/mol. The second-order valence-electron chi connectivity index (χ2n) is 5.40. The Morgan fingerprint density at radius 1 is 1.12 bits per heavy atom. The largest absolute Gasteiger partial charge is 0.392 e. The molecule has 2 unspecified atom stereocenters. The van der Waals surface area contributed by atoms with Crippen molar-refractivity contribution in [1.82, 2.24) is 4.90 Å². The van der Waals surface area contributed by atoms with E-state index in [-0.39, 0.29) is 6.10 Å². The molecule has 1 fully saturated rings. The molecule has 1 saturated heterocycles. The number of aliphatic hydroxyl groups excluding tert-OH is 1. The van der Waals surface area contributed by atoms with E-state index in [1.807, 2.05) is 0 Å². The summed E-state index contributed by atoms with van der Waals surface area (Å²) < 4.78 is 0. The summed E-state index contributed by atoms with van der Waals surface area (Å²) in [5.74, 6) is 0.501. The Kier molecular flexibility index (Phi) is 7.06. The molecule has 0 aliphatic carbocycles. The fraction of sp³-hybridized carbons (Fsp3) is 1.00. The summed E-state index contributed by atoms with van der Waals surface area (Å²) in [5.41, 5.74) is 0. The number of β-amino-alcohol motifs (C(OH)–C–C–N with tert-alkyl or cyclic N) is 1. The molecule has 0 spiro atoms. The highest BCUT2D eigenvalue weighted by molar-refractivity contribution is 4.76. The molecule has 0 bridgehead atoms. The van der Waals surface area contributed by atoms with Crippen molar-refractivity contribution < 1.29 is 5.11 Å². The molecular formula is C14H29NO. The maximum Gasteiger partial charge on any atom is 0.0693 e. The molecule has 0 aromatic heterocycles. The molecule has 0 amide bonds. The van der Waals surface area contributed by atoms with Gasteiger partial charge in [0.05, 0.1) is 6.10 Å². The van der Waals surface area contributed by atoms with Crippen molar-refractivity contribution in [2.75, 3.05) is 19.6 Å². The topological polar surface area (TPSA) is 23.5 Å². The van der Waals surface area contributed by atoms with Crippen LogP contribution in [-0.4, -0.2) is 35.7 Å². The third kappa shape index (κ3) is 5.31. The first-order chi connectivity index (χ1) is 7.74. The third-order valence-corrected chi connectivity index (χ3v) is 3.83. The minimum absolute atomic E-state index is 0.0890. The van der Waals surface area contributed by atoms with E-state index in [1.54, 1.807) is 0 Å². The molecule has 2 heteroatoms. The van der Waals surface area contributed by atoms with Crippen LogP contribution in [0.5, 0.6) is 0 Å². The van der Waals surface area contributed by atoms with E-state index < -0.39 is 0 Å². The molecule has 1 N–H and O–H groups in total. The Labute approximate surface area is 101 Å². The molecule has 0 saturated carbocycles. The molecule has 0 radical (unpaired) electrons. The summed E-state index contributed by atoms with van der Waals surface area (Å²) in [4.78, 5) is 2.44.